The lowest BCUT2D eigenvalue weighted by Gasteiger charge is -2.34. The highest BCUT2D eigenvalue weighted by Crippen LogP contribution is 2.41. The summed E-state index contributed by atoms with van der Waals surface area (Å²) in [5.41, 5.74) is 1.55. The maximum Gasteiger partial charge on any atom is 0.416 e. The van der Waals surface area contributed by atoms with Crippen LogP contribution < -0.4 is 0 Å². The van der Waals surface area contributed by atoms with Gasteiger partial charge in [0.2, 0.25) is 0 Å². The van der Waals surface area contributed by atoms with Crippen LogP contribution in [0.3, 0.4) is 0 Å². The summed E-state index contributed by atoms with van der Waals surface area (Å²) in [7, 11) is 0. The van der Waals surface area contributed by atoms with Gasteiger partial charge in [-0.25, -0.2) is 4.98 Å². The number of amides is 1. The van der Waals surface area contributed by atoms with Crippen molar-refractivity contribution in [3.63, 3.8) is 0 Å². The van der Waals surface area contributed by atoms with E-state index in [4.69, 9.17) is 0 Å². The molecule has 0 bridgehead atoms. The number of carbonyl (C=O) groups is 1. The van der Waals surface area contributed by atoms with E-state index in [9.17, 15) is 18.0 Å². The molecule has 1 aliphatic rings. The molecule has 0 saturated carbocycles. The highest BCUT2D eigenvalue weighted by molar-refractivity contribution is 9.10. The maximum atomic E-state index is 13.9. The van der Waals surface area contributed by atoms with Gasteiger partial charge < -0.3 is 9.88 Å². The van der Waals surface area contributed by atoms with E-state index in [-0.39, 0.29) is 5.91 Å². The Hall–Kier alpha value is -3.13. The van der Waals surface area contributed by atoms with Gasteiger partial charge in [0.25, 0.3) is 5.91 Å². The molecule has 0 spiro atoms. The number of hydrogen-bond acceptors (Lipinski definition) is 2. The Labute approximate surface area is 202 Å². The summed E-state index contributed by atoms with van der Waals surface area (Å²) >= 11 is 3.48. The number of nitrogens with one attached hydrogen (secondary N) is 1. The van der Waals surface area contributed by atoms with Crippen LogP contribution >= 0.6 is 15.9 Å². The largest absolute Gasteiger partial charge is 0.416 e. The first kappa shape index (κ1) is 22.7. The molecule has 8 heteroatoms. The lowest BCUT2D eigenvalue weighted by atomic mass is 9.95. The highest BCUT2D eigenvalue weighted by Gasteiger charge is 2.44. The van der Waals surface area contributed by atoms with Gasteiger partial charge in [0.15, 0.2) is 0 Å². The van der Waals surface area contributed by atoms with E-state index in [2.05, 4.69) is 25.9 Å². The van der Waals surface area contributed by atoms with Gasteiger partial charge in [-0.15, -0.1) is 0 Å². The SMILES string of the molecule is CC1(c2nc3ccc(C(F)(F)F)cc3[nH]2)CCCN1C(=O)c1cc(Br)ccc1-c1ccccc1. The van der Waals surface area contributed by atoms with Crippen molar-refractivity contribution in [2.75, 3.05) is 6.54 Å². The molecule has 174 valence electrons. The molecule has 1 aromatic heterocycles. The van der Waals surface area contributed by atoms with Gasteiger partial charge in [0.1, 0.15) is 5.82 Å². The third-order valence-corrected chi connectivity index (χ3v) is 7.00. The van der Waals surface area contributed by atoms with Crippen LogP contribution in [0.15, 0.2) is 71.2 Å². The molecule has 1 N–H and O–H groups in total. The number of H-pyrrole nitrogens is 1. The van der Waals surface area contributed by atoms with Crippen molar-refractivity contribution >= 4 is 32.9 Å². The standard InChI is InChI=1S/C26H21BrF3N3O/c1-25(24-31-21-11-8-17(26(28,29)30)14-22(21)32-24)12-5-13-33(25)23(34)20-15-18(27)9-10-19(20)16-6-3-2-4-7-16/h2-4,6-11,14-15H,5,12-13H2,1H3,(H,31,32). The smallest absolute Gasteiger partial charge is 0.340 e. The fourth-order valence-corrected chi connectivity index (χ4v) is 5.05. The maximum absolute atomic E-state index is 13.9. The first-order valence-electron chi connectivity index (χ1n) is 10.9. The van der Waals surface area contributed by atoms with Crippen LogP contribution in [0.1, 0.15) is 41.5 Å². The van der Waals surface area contributed by atoms with E-state index in [1.165, 1.54) is 6.07 Å². The van der Waals surface area contributed by atoms with E-state index in [1.807, 2.05) is 55.5 Å². The van der Waals surface area contributed by atoms with E-state index in [0.29, 0.717) is 35.4 Å². The summed E-state index contributed by atoms with van der Waals surface area (Å²) in [5, 5.41) is 0. The number of nitrogens with zero attached hydrogens (tertiary/aromatic N) is 2. The Bertz CT molecular complexity index is 1380. The second-order valence-corrected chi connectivity index (χ2v) is 9.62. The molecular formula is C26H21BrF3N3O. The zero-order chi connectivity index (χ0) is 24.1. The minimum atomic E-state index is -4.44. The fraction of sp³-hybridized carbons (Fsp3) is 0.231. The topological polar surface area (TPSA) is 49.0 Å². The molecule has 2 heterocycles. The average molecular weight is 528 g/mol. The molecule has 3 aromatic carbocycles. The van der Waals surface area contributed by atoms with Crippen molar-refractivity contribution in [3.8, 4) is 11.1 Å². The highest BCUT2D eigenvalue weighted by atomic mass is 79.9. The van der Waals surface area contributed by atoms with Crippen molar-refractivity contribution < 1.29 is 18.0 Å². The molecule has 1 fully saturated rings. The average Bonchev–Trinajstić information content (AvgIpc) is 3.42. The van der Waals surface area contributed by atoms with Crippen LogP contribution in [0.5, 0.6) is 0 Å². The molecule has 4 aromatic rings. The number of carbonyl (C=O) groups excluding carboxylic acids is 1. The van der Waals surface area contributed by atoms with Gasteiger partial charge in [0.05, 0.1) is 22.1 Å². The third-order valence-electron chi connectivity index (χ3n) is 6.50. The quantitative estimate of drug-likeness (QED) is 0.307. The van der Waals surface area contributed by atoms with E-state index in [0.717, 1.165) is 34.2 Å². The molecule has 1 saturated heterocycles. The number of aromatic amines is 1. The Morgan fingerprint density at radius 2 is 1.85 bits per heavy atom. The summed E-state index contributed by atoms with van der Waals surface area (Å²) in [5.74, 6) is 0.348. The third kappa shape index (κ3) is 3.90. The van der Waals surface area contributed by atoms with E-state index < -0.39 is 17.3 Å². The molecule has 1 unspecified atom stereocenters. The normalized spacial score (nSPS) is 18.6. The van der Waals surface area contributed by atoms with Crippen molar-refractivity contribution in [3.05, 3.63) is 88.2 Å². The predicted molar refractivity (Wildman–Crippen MR) is 128 cm³/mol. The lowest BCUT2D eigenvalue weighted by molar-refractivity contribution is -0.137. The Morgan fingerprint density at radius 3 is 2.59 bits per heavy atom. The zero-order valence-corrected chi connectivity index (χ0v) is 19.9. The number of benzene rings is 3. The molecule has 1 atom stereocenters. The van der Waals surface area contributed by atoms with Crippen molar-refractivity contribution in [2.45, 2.75) is 31.5 Å². The number of hydrogen-bond donors (Lipinski definition) is 1. The molecule has 4 nitrogen and oxygen atoms in total. The van der Waals surface area contributed by atoms with Gasteiger partial charge in [-0.2, -0.15) is 13.2 Å². The molecule has 0 aliphatic carbocycles. The first-order chi connectivity index (χ1) is 16.2. The number of likely N-dealkylation sites (tertiary alicyclic amines) is 1. The minimum absolute atomic E-state index is 0.142. The summed E-state index contributed by atoms with van der Waals surface area (Å²) in [6, 6.07) is 18.8. The summed E-state index contributed by atoms with van der Waals surface area (Å²) in [6.45, 7) is 2.45. The summed E-state index contributed by atoms with van der Waals surface area (Å²) < 4.78 is 40.3. The Morgan fingerprint density at radius 1 is 1.09 bits per heavy atom. The fourth-order valence-electron chi connectivity index (χ4n) is 4.68. The number of imidazole rings is 1. The van der Waals surface area contributed by atoms with E-state index >= 15 is 0 Å². The van der Waals surface area contributed by atoms with Crippen molar-refractivity contribution in [2.24, 2.45) is 0 Å². The number of alkyl halides is 3. The summed E-state index contributed by atoms with van der Waals surface area (Å²) in [4.78, 5) is 23.3. The van der Waals surface area contributed by atoms with Crippen LogP contribution in [0.25, 0.3) is 22.2 Å². The minimum Gasteiger partial charge on any atom is -0.340 e. The monoisotopic (exact) mass is 527 g/mol. The number of aromatic nitrogens is 2. The predicted octanol–water partition coefficient (Wildman–Crippen LogP) is 7.16. The Balaban J connectivity index is 1.56. The molecular weight excluding hydrogens is 507 g/mol. The Kier molecular flexibility index (Phi) is 5.51. The molecule has 34 heavy (non-hydrogen) atoms. The van der Waals surface area contributed by atoms with Crippen LogP contribution in [0, 0.1) is 0 Å². The van der Waals surface area contributed by atoms with Crippen LogP contribution in [0.2, 0.25) is 0 Å². The van der Waals surface area contributed by atoms with Crippen LogP contribution in [-0.2, 0) is 11.7 Å². The number of fused-ring (bicyclic) bond motifs is 1. The van der Waals surface area contributed by atoms with Gasteiger partial charge in [-0.1, -0.05) is 52.3 Å². The molecule has 5 rings (SSSR count). The van der Waals surface area contributed by atoms with Crippen molar-refractivity contribution in [1.82, 2.24) is 14.9 Å². The number of halogens is 4. The van der Waals surface area contributed by atoms with Crippen LogP contribution in [0.4, 0.5) is 13.2 Å². The van der Waals surface area contributed by atoms with E-state index in [1.54, 1.807) is 4.90 Å². The van der Waals surface area contributed by atoms with Gasteiger partial charge in [-0.3, -0.25) is 4.79 Å². The molecule has 1 amide bonds. The summed E-state index contributed by atoms with van der Waals surface area (Å²) in [6.07, 6.45) is -3.02. The van der Waals surface area contributed by atoms with Gasteiger partial charge >= 0.3 is 6.18 Å². The molecule has 1 aliphatic heterocycles. The second kappa shape index (κ2) is 8.27. The zero-order valence-electron chi connectivity index (χ0n) is 18.3. The van der Waals surface area contributed by atoms with Gasteiger partial charge in [-0.05, 0) is 61.2 Å². The van der Waals surface area contributed by atoms with Crippen LogP contribution in [-0.4, -0.2) is 27.3 Å². The molecule has 0 radical (unpaired) electrons. The number of rotatable bonds is 3. The van der Waals surface area contributed by atoms with Gasteiger partial charge in [0, 0.05) is 16.6 Å². The first-order valence-corrected chi connectivity index (χ1v) is 11.7. The lowest BCUT2D eigenvalue weighted by Crippen LogP contribution is -2.43. The van der Waals surface area contributed by atoms with Crippen molar-refractivity contribution in [1.29, 1.82) is 0 Å². The second-order valence-electron chi connectivity index (χ2n) is 8.71.